The van der Waals surface area contributed by atoms with Crippen LogP contribution in [0.4, 0.5) is 0 Å². The minimum absolute atomic E-state index is 0.0827. The Hall–Kier alpha value is -3.10. The molecule has 0 bridgehead atoms. The Morgan fingerprint density at radius 1 is 1.26 bits per heavy atom. The van der Waals surface area contributed by atoms with Crippen molar-refractivity contribution in [3.8, 4) is 0 Å². The van der Waals surface area contributed by atoms with Crippen LogP contribution in [0.1, 0.15) is 23.2 Å². The number of fused-ring (bicyclic) bond motifs is 1. The summed E-state index contributed by atoms with van der Waals surface area (Å²) < 4.78 is 1.42. The van der Waals surface area contributed by atoms with E-state index in [1.807, 2.05) is 0 Å². The van der Waals surface area contributed by atoms with Crippen molar-refractivity contribution < 1.29 is 19.5 Å². The highest BCUT2D eigenvalue weighted by molar-refractivity contribution is 5.99. The zero-order valence-electron chi connectivity index (χ0n) is 15.3. The van der Waals surface area contributed by atoms with Crippen molar-refractivity contribution in [2.75, 3.05) is 26.7 Å². The van der Waals surface area contributed by atoms with Crippen LogP contribution in [-0.4, -0.2) is 68.9 Å². The van der Waals surface area contributed by atoms with Gasteiger partial charge in [-0.3, -0.25) is 19.0 Å². The van der Waals surface area contributed by atoms with Gasteiger partial charge in [0.25, 0.3) is 5.91 Å². The first kappa shape index (κ1) is 18.7. The largest absolute Gasteiger partial charge is 0.481 e. The van der Waals surface area contributed by atoms with E-state index in [4.69, 9.17) is 5.11 Å². The zero-order chi connectivity index (χ0) is 19.7. The first-order valence-electron chi connectivity index (χ1n) is 8.72. The fraction of sp³-hybridized carbons (Fsp3) is 0.444. The van der Waals surface area contributed by atoms with Gasteiger partial charge in [-0.25, -0.2) is 4.79 Å². The number of aromatic amines is 1. The van der Waals surface area contributed by atoms with E-state index in [0.717, 1.165) is 0 Å². The molecule has 9 nitrogen and oxygen atoms in total. The molecule has 0 saturated carbocycles. The number of carbonyl (C=O) groups excluding carboxylic acids is 2. The molecule has 144 valence electrons. The van der Waals surface area contributed by atoms with Gasteiger partial charge in [0.15, 0.2) is 0 Å². The first-order chi connectivity index (χ1) is 12.8. The molecular weight excluding hydrogens is 352 g/mol. The topological polar surface area (TPSA) is 116 Å². The summed E-state index contributed by atoms with van der Waals surface area (Å²) in [6.45, 7) is 0.686. The molecule has 3 rings (SSSR count). The molecule has 9 heteroatoms. The zero-order valence-corrected chi connectivity index (χ0v) is 15.3. The number of carbonyl (C=O) groups is 3. The van der Waals surface area contributed by atoms with Crippen LogP contribution in [0.3, 0.4) is 0 Å². The number of nitrogens with one attached hydrogen (secondary N) is 1. The Morgan fingerprint density at radius 3 is 2.56 bits per heavy atom. The number of carboxylic acid groups (broad SMARTS) is 1. The number of piperidine rings is 1. The molecular formula is C18H22N4O5. The van der Waals surface area contributed by atoms with E-state index in [0.29, 0.717) is 42.5 Å². The number of likely N-dealkylation sites (N-methyl/N-ethyl adjacent to an activating group) is 1. The number of carboxylic acids is 1. The molecule has 1 aromatic heterocycles. The molecule has 0 radical (unpaired) electrons. The summed E-state index contributed by atoms with van der Waals surface area (Å²) in [6.07, 6.45) is 0.855. The van der Waals surface area contributed by atoms with E-state index >= 15 is 0 Å². The van der Waals surface area contributed by atoms with Gasteiger partial charge in [0.1, 0.15) is 0 Å². The summed E-state index contributed by atoms with van der Waals surface area (Å²) in [6, 6.07) is 4.89. The van der Waals surface area contributed by atoms with E-state index in [-0.39, 0.29) is 24.0 Å². The molecule has 2 aromatic rings. The maximum absolute atomic E-state index is 12.6. The molecule has 1 aliphatic rings. The number of nitrogens with zero attached hydrogens (tertiary/aromatic N) is 3. The quantitative estimate of drug-likeness (QED) is 0.797. The van der Waals surface area contributed by atoms with Crippen molar-refractivity contribution in [3.05, 3.63) is 34.2 Å². The van der Waals surface area contributed by atoms with Crippen LogP contribution in [0, 0.1) is 5.92 Å². The van der Waals surface area contributed by atoms with Gasteiger partial charge in [-0.05, 0) is 31.0 Å². The molecule has 2 heterocycles. The second-order valence-corrected chi connectivity index (χ2v) is 6.88. The minimum Gasteiger partial charge on any atom is -0.481 e. The summed E-state index contributed by atoms with van der Waals surface area (Å²) in [5.74, 6) is -1.76. The lowest BCUT2D eigenvalue weighted by molar-refractivity contribution is -0.145. The predicted molar refractivity (Wildman–Crippen MR) is 97.4 cm³/mol. The Bertz CT molecular complexity index is 952. The van der Waals surface area contributed by atoms with E-state index in [1.165, 1.54) is 9.47 Å². The summed E-state index contributed by atoms with van der Waals surface area (Å²) in [5, 5.41) is 9.02. The summed E-state index contributed by atoms with van der Waals surface area (Å²) >= 11 is 0. The average molecular weight is 374 g/mol. The molecule has 0 spiro atoms. The average Bonchev–Trinajstić information content (AvgIpc) is 2.94. The second-order valence-electron chi connectivity index (χ2n) is 6.88. The van der Waals surface area contributed by atoms with Crippen LogP contribution in [-0.2, 0) is 16.6 Å². The Labute approximate surface area is 155 Å². The first-order valence-corrected chi connectivity index (χ1v) is 8.72. The second kappa shape index (κ2) is 7.26. The van der Waals surface area contributed by atoms with E-state index in [2.05, 4.69) is 4.98 Å². The predicted octanol–water partition coefficient (Wildman–Crippen LogP) is 0.262. The van der Waals surface area contributed by atoms with Gasteiger partial charge in [-0.2, -0.15) is 0 Å². The van der Waals surface area contributed by atoms with Crippen LogP contribution >= 0.6 is 0 Å². The molecule has 2 N–H and O–H groups in total. The van der Waals surface area contributed by atoms with Gasteiger partial charge >= 0.3 is 11.7 Å². The summed E-state index contributed by atoms with van der Waals surface area (Å²) in [5.41, 5.74) is 1.38. The van der Waals surface area contributed by atoms with Crippen LogP contribution in [0.5, 0.6) is 0 Å². The SMILES string of the molecule is CN(CC(=O)N1CCC(C(=O)O)CC1)C(=O)c1ccc2[nH]c(=O)n(C)c2c1. The highest BCUT2D eigenvalue weighted by atomic mass is 16.4. The Morgan fingerprint density at radius 2 is 1.93 bits per heavy atom. The number of aromatic nitrogens is 2. The van der Waals surface area contributed by atoms with Crippen molar-refractivity contribution >= 4 is 28.8 Å². The number of rotatable bonds is 4. The van der Waals surface area contributed by atoms with Gasteiger partial charge < -0.3 is 19.9 Å². The van der Waals surface area contributed by atoms with Crippen LogP contribution in [0.25, 0.3) is 11.0 Å². The van der Waals surface area contributed by atoms with Crippen molar-refractivity contribution in [2.24, 2.45) is 13.0 Å². The van der Waals surface area contributed by atoms with Crippen molar-refractivity contribution in [1.82, 2.24) is 19.4 Å². The number of H-pyrrole nitrogens is 1. The maximum atomic E-state index is 12.6. The van der Waals surface area contributed by atoms with Crippen LogP contribution in [0.2, 0.25) is 0 Å². The Balaban J connectivity index is 1.65. The number of aryl methyl sites for hydroxylation is 1. The third-order valence-electron chi connectivity index (χ3n) is 5.07. The monoisotopic (exact) mass is 374 g/mol. The smallest absolute Gasteiger partial charge is 0.326 e. The van der Waals surface area contributed by atoms with Crippen LogP contribution in [0.15, 0.2) is 23.0 Å². The lowest BCUT2D eigenvalue weighted by Crippen LogP contribution is -2.45. The standard InChI is InChI=1S/C18H22N4O5/c1-20(10-15(23)22-7-5-11(6-8-22)17(25)26)16(24)12-3-4-13-14(9-12)21(2)18(27)19-13/h3-4,9,11H,5-8,10H2,1-2H3,(H,19,27)(H,25,26). The number of likely N-dealkylation sites (tertiary alicyclic amines) is 1. The fourth-order valence-electron chi connectivity index (χ4n) is 3.33. The molecule has 0 atom stereocenters. The molecule has 1 aliphatic heterocycles. The fourth-order valence-corrected chi connectivity index (χ4v) is 3.33. The molecule has 1 aromatic carbocycles. The van der Waals surface area contributed by atoms with Crippen molar-refractivity contribution in [2.45, 2.75) is 12.8 Å². The number of amides is 2. The number of hydrogen-bond acceptors (Lipinski definition) is 4. The number of aliphatic carboxylic acids is 1. The highest BCUT2D eigenvalue weighted by Gasteiger charge is 2.28. The van der Waals surface area contributed by atoms with Gasteiger partial charge in [0.05, 0.1) is 23.5 Å². The van der Waals surface area contributed by atoms with E-state index in [9.17, 15) is 19.2 Å². The van der Waals surface area contributed by atoms with E-state index < -0.39 is 11.9 Å². The van der Waals surface area contributed by atoms with Gasteiger partial charge in [0.2, 0.25) is 5.91 Å². The normalized spacial score (nSPS) is 15.1. The Kier molecular flexibility index (Phi) is 5.02. The molecule has 0 aliphatic carbocycles. The number of benzene rings is 1. The molecule has 1 saturated heterocycles. The lowest BCUT2D eigenvalue weighted by atomic mass is 9.97. The van der Waals surface area contributed by atoms with Crippen molar-refractivity contribution in [3.63, 3.8) is 0 Å². The summed E-state index contributed by atoms with van der Waals surface area (Å²) in [4.78, 5) is 53.3. The maximum Gasteiger partial charge on any atom is 0.326 e. The third kappa shape index (κ3) is 3.71. The van der Waals surface area contributed by atoms with Gasteiger partial charge in [0, 0.05) is 32.7 Å². The molecule has 2 amide bonds. The highest BCUT2D eigenvalue weighted by Crippen LogP contribution is 2.18. The molecule has 27 heavy (non-hydrogen) atoms. The van der Waals surface area contributed by atoms with Gasteiger partial charge in [-0.1, -0.05) is 0 Å². The van der Waals surface area contributed by atoms with E-state index in [1.54, 1.807) is 37.2 Å². The van der Waals surface area contributed by atoms with Gasteiger partial charge in [-0.15, -0.1) is 0 Å². The summed E-state index contributed by atoms with van der Waals surface area (Å²) in [7, 11) is 3.16. The van der Waals surface area contributed by atoms with Crippen molar-refractivity contribution in [1.29, 1.82) is 0 Å². The van der Waals surface area contributed by atoms with Crippen LogP contribution < -0.4 is 5.69 Å². The third-order valence-corrected chi connectivity index (χ3v) is 5.07. The molecule has 1 fully saturated rings. The lowest BCUT2D eigenvalue weighted by Gasteiger charge is -2.31. The number of imidazole rings is 1. The number of hydrogen-bond donors (Lipinski definition) is 2. The minimum atomic E-state index is -0.830. The molecule has 0 unspecified atom stereocenters.